The maximum absolute atomic E-state index is 4.24. The summed E-state index contributed by atoms with van der Waals surface area (Å²) in [6.45, 7) is 6.89. The average Bonchev–Trinajstić information content (AvgIpc) is 2.40. The van der Waals surface area contributed by atoms with Crippen molar-refractivity contribution in [3.63, 3.8) is 0 Å². The summed E-state index contributed by atoms with van der Waals surface area (Å²) in [6, 6.07) is 0. The summed E-state index contributed by atoms with van der Waals surface area (Å²) in [5.41, 5.74) is 4.60. The lowest BCUT2D eigenvalue weighted by Gasteiger charge is -2.43. The van der Waals surface area contributed by atoms with E-state index in [0.29, 0.717) is 0 Å². The molecule has 0 atom stereocenters. The summed E-state index contributed by atoms with van der Waals surface area (Å²) in [6.07, 6.45) is 15.0. The van der Waals surface area contributed by atoms with Gasteiger partial charge in [-0.15, -0.1) is 12.3 Å². The molecule has 16 heavy (non-hydrogen) atoms. The first kappa shape index (κ1) is 12.4. The largest absolute Gasteiger partial charge is 0.107 e. The lowest BCUT2D eigenvalue weighted by molar-refractivity contribution is 0.456. The van der Waals surface area contributed by atoms with Gasteiger partial charge in [-0.1, -0.05) is 70.8 Å². The van der Waals surface area contributed by atoms with Crippen LogP contribution in [0.4, 0.5) is 0 Å². The van der Waals surface area contributed by atoms with Crippen molar-refractivity contribution >= 4 is 8.07 Å². The highest BCUT2D eigenvalue weighted by Crippen LogP contribution is 2.48. The summed E-state index contributed by atoms with van der Waals surface area (Å²) in [5, 5.41) is 0. The van der Waals surface area contributed by atoms with E-state index in [9.17, 15) is 0 Å². The van der Waals surface area contributed by atoms with Gasteiger partial charge in [0.05, 0.1) is 8.07 Å². The van der Waals surface area contributed by atoms with Crippen LogP contribution >= 0.6 is 0 Å². The quantitative estimate of drug-likeness (QED) is 0.571. The van der Waals surface area contributed by atoms with Crippen LogP contribution in [-0.4, -0.2) is 8.07 Å². The van der Waals surface area contributed by atoms with E-state index in [1.165, 1.54) is 64.2 Å². The summed E-state index contributed by atoms with van der Waals surface area (Å²) in [7, 11) is -1.16. The van der Waals surface area contributed by atoms with Crippen molar-refractivity contribution in [2.45, 2.75) is 81.8 Å². The molecule has 2 aliphatic rings. The molecule has 0 aliphatic heterocycles. The van der Waals surface area contributed by atoms with E-state index in [4.69, 9.17) is 0 Å². The van der Waals surface area contributed by atoms with Crippen LogP contribution in [0, 0.1) is 0 Å². The molecule has 0 radical (unpaired) electrons. The minimum atomic E-state index is -1.16. The molecule has 0 N–H and O–H groups in total. The Kier molecular flexibility index (Phi) is 4.29. The molecule has 0 aromatic heterocycles. The van der Waals surface area contributed by atoms with Crippen molar-refractivity contribution < 1.29 is 0 Å². The molecule has 0 unspecified atom stereocenters. The van der Waals surface area contributed by atoms with E-state index in [1.54, 1.807) is 0 Å². The maximum atomic E-state index is 4.24. The van der Waals surface area contributed by atoms with Gasteiger partial charge in [0.1, 0.15) is 0 Å². The predicted octanol–water partition coefficient (Wildman–Crippen LogP) is 5.46. The maximum Gasteiger partial charge on any atom is 0.0801 e. The fourth-order valence-corrected chi connectivity index (χ4v) is 8.75. The Morgan fingerprint density at radius 1 is 0.812 bits per heavy atom. The van der Waals surface area contributed by atoms with Crippen molar-refractivity contribution in [2.24, 2.45) is 0 Å². The van der Waals surface area contributed by atoms with Gasteiger partial charge >= 0.3 is 0 Å². The van der Waals surface area contributed by atoms with Crippen LogP contribution in [0.2, 0.25) is 17.6 Å². The van der Waals surface area contributed by atoms with Crippen LogP contribution in [0.1, 0.15) is 64.2 Å². The van der Waals surface area contributed by atoms with E-state index in [1.807, 2.05) is 0 Å². The van der Waals surface area contributed by atoms with Crippen molar-refractivity contribution in [2.75, 3.05) is 0 Å². The zero-order valence-electron chi connectivity index (χ0n) is 11.0. The molecule has 2 saturated carbocycles. The summed E-state index contributed by atoms with van der Waals surface area (Å²) >= 11 is 0. The number of hydrogen-bond donors (Lipinski definition) is 0. The summed E-state index contributed by atoms with van der Waals surface area (Å²) in [5.74, 6) is 0. The van der Waals surface area contributed by atoms with Crippen molar-refractivity contribution in [1.29, 1.82) is 0 Å². The third-order valence-electron chi connectivity index (χ3n) is 5.41. The molecule has 0 saturated heterocycles. The molecule has 2 fully saturated rings. The van der Waals surface area contributed by atoms with E-state index in [0.717, 1.165) is 11.1 Å². The van der Waals surface area contributed by atoms with Gasteiger partial charge in [-0.2, -0.15) is 0 Å². The van der Waals surface area contributed by atoms with Crippen molar-refractivity contribution in [3.8, 4) is 0 Å². The fraction of sp³-hybridized carbons (Fsp3) is 0.867. The highest BCUT2D eigenvalue weighted by molar-refractivity contribution is 6.85. The zero-order valence-corrected chi connectivity index (χ0v) is 12.0. The molecular weight excluding hydrogens is 208 g/mol. The second-order valence-corrected chi connectivity index (χ2v) is 11.0. The van der Waals surface area contributed by atoms with Crippen LogP contribution in [0.25, 0.3) is 0 Å². The lowest BCUT2D eigenvalue weighted by atomic mass is 9.99. The highest BCUT2D eigenvalue weighted by atomic mass is 28.3. The van der Waals surface area contributed by atoms with E-state index in [2.05, 4.69) is 18.8 Å². The number of rotatable bonds is 3. The zero-order chi connectivity index (χ0) is 11.4. The van der Waals surface area contributed by atoms with Gasteiger partial charge in [0.25, 0.3) is 0 Å². The van der Waals surface area contributed by atoms with E-state index in [-0.39, 0.29) is 0 Å². The van der Waals surface area contributed by atoms with Crippen LogP contribution in [-0.2, 0) is 0 Å². The average molecular weight is 236 g/mol. The van der Waals surface area contributed by atoms with Gasteiger partial charge in [-0.3, -0.25) is 0 Å². The Morgan fingerprint density at radius 3 is 1.50 bits per heavy atom. The van der Waals surface area contributed by atoms with Crippen LogP contribution < -0.4 is 0 Å². The Hall–Kier alpha value is -0.0431. The fourth-order valence-electron chi connectivity index (χ4n) is 4.12. The van der Waals surface area contributed by atoms with Gasteiger partial charge in [-0.25, -0.2) is 0 Å². The third-order valence-corrected chi connectivity index (χ3v) is 11.0. The van der Waals surface area contributed by atoms with E-state index >= 15 is 0 Å². The smallest absolute Gasteiger partial charge is 0.0801 e. The summed E-state index contributed by atoms with van der Waals surface area (Å²) < 4.78 is 0. The molecule has 0 aromatic rings. The minimum absolute atomic E-state index is 1.07. The van der Waals surface area contributed by atoms with Gasteiger partial charge in [-0.05, 0) is 11.1 Å². The Balaban J connectivity index is 2.06. The molecule has 0 nitrogen and oxygen atoms in total. The van der Waals surface area contributed by atoms with Crippen LogP contribution in [0.15, 0.2) is 12.3 Å². The molecule has 0 spiro atoms. The molecular formula is C15H28Si. The Labute approximate surface area is 103 Å². The topological polar surface area (TPSA) is 0 Å². The normalized spacial score (nSPS) is 25.6. The van der Waals surface area contributed by atoms with Crippen LogP contribution in [0.3, 0.4) is 0 Å². The van der Waals surface area contributed by atoms with Gasteiger partial charge < -0.3 is 0 Å². The second-order valence-electron chi connectivity index (χ2n) is 6.24. The Bertz CT molecular complexity index is 204. The first-order valence-corrected chi connectivity index (χ1v) is 10.1. The third kappa shape index (κ3) is 2.44. The van der Waals surface area contributed by atoms with E-state index < -0.39 is 8.07 Å². The van der Waals surface area contributed by atoms with Crippen molar-refractivity contribution in [1.82, 2.24) is 0 Å². The molecule has 0 aromatic carbocycles. The second kappa shape index (κ2) is 5.53. The monoisotopic (exact) mass is 236 g/mol. The first-order valence-electron chi connectivity index (χ1n) is 7.41. The highest BCUT2D eigenvalue weighted by Gasteiger charge is 2.41. The molecule has 1 heteroatoms. The number of hydrogen-bond acceptors (Lipinski definition) is 0. The first-order chi connectivity index (χ1) is 7.77. The van der Waals surface area contributed by atoms with Gasteiger partial charge in [0.15, 0.2) is 0 Å². The summed E-state index contributed by atoms with van der Waals surface area (Å²) in [4.78, 5) is 0. The molecule has 2 rings (SSSR count). The van der Waals surface area contributed by atoms with Gasteiger partial charge in [0, 0.05) is 0 Å². The molecule has 0 heterocycles. The predicted molar refractivity (Wildman–Crippen MR) is 75.5 cm³/mol. The SMILES string of the molecule is C=C[Si](C)(C1CCCCC1)C1CCCCC1. The van der Waals surface area contributed by atoms with Crippen molar-refractivity contribution in [3.05, 3.63) is 12.3 Å². The van der Waals surface area contributed by atoms with Gasteiger partial charge in [0.2, 0.25) is 0 Å². The molecule has 2 aliphatic carbocycles. The molecule has 0 amide bonds. The van der Waals surface area contributed by atoms with Crippen LogP contribution in [0.5, 0.6) is 0 Å². The molecule has 92 valence electrons. The standard InChI is InChI=1S/C15H28Si/c1-3-16(2,14-10-6-4-7-11-14)15-12-8-5-9-13-15/h3,14-15H,1,4-13H2,2H3. The molecule has 0 bridgehead atoms. The minimum Gasteiger partial charge on any atom is -0.107 e. The Morgan fingerprint density at radius 2 is 1.19 bits per heavy atom. The lowest BCUT2D eigenvalue weighted by Crippen LogP contribution is -2.41.